The molecular formula is C27H25FN4O2S. The van der Waals surface area contributed by atoms with Gasteiger partial charge in [-0.1, -0.05) is 48.5 Å². The van der Waals surface area contributed by atoms with Gasteiger partial charge in [-0.05, 0) is 30.3 Å². The molecule has 3 aliphatic heterocycles. The van der Waals surface area contributed by atoms with E-state index >= 15 is 0 Å². The minimum atomic E-state index is -1.09. The summed E-state index contributed by atoms with van der Waals surface area (Å²) < 4.78 is 14.3. The molecule has 0 saturated carbocycles. The van der Waals surface area contributed by atoms with Crippen molar-refractivity contribution in [3.05, 3.63) is 90.2 Å². The molecule has 3 aromatic rings. The number of fused-ring (bicyclic) bond motifs is 2. The summed E-state index contributed by atoms with van der Waals surface area (Å²) in [7, 11) is 0. The van der Waals surface area contributed by atoms with E-state index < -0.39 is 4.87 Å². The van der Waals surface area contributed by atoms with Crippen LogP contribution in [-0.4, -0.2) is 55.3 Å². The maximum Gasteiger partial charge on any atom is 0.269 e. The highest BCUT2D eigenvalue weighted by Crippen LogP contribution is 2.55. The number of para-hydroxylation sites is 3. The Labute approximate surface area is 207 Å². The number of carbonyl (C=O) groups is 2. The van der Waals surface area contributed by atoms with Crippen molar-refractivity contribution in [3.8, 4) is 0 Å². The molecule has 1 atom stereocenters. The zero-order valence-corrected chi connectivity index (χ0v) is 20.0. The number of nitrogens with zero attached hydrogens (tertiary/aromatic N) is 4. The van der Waals surface area contributed by atoms with E-state index in [1.165, 1.54) is 17.8 Å². The van der Waals surface area contributed by atoms with Crippen LogP contribution in [0.3, 0.4) is 0 Å². The number of amides is 2. The van der Waals surface area contributed by atoms with E-state index in [2.05, 4.69) is 9.80 Å². The highest BCUT2D eigenvalue weighted by Gasteiger charge is 2.61. The van der Waals surface area contributed by atoms with Crippen molar-refractivity contribution in [3.63, 3.8) is 0 Å². The van der Waals surface area contributed by atoms with Crippen molar-refractivity contribution >= 4 is 40.6 Å². The maximum absolute atomic E-state index is 14.3. The van der Waals surface area contributed by atoms with Gasteiger partial charge in [-0.15, -0.1) is 11.8 Å². The first-order valence-electron chi connectivity index (χ1n) is 11.7. The zero-order chi connectivity index (χ0) is 24.0. The lowest BCUT2D eigenvalue weighted by Gasteiger charge is -2.38. The van der Waals surface area contributed by atoms with Crippen LogP contribution in [0.1, 0.15) is 5.56 Å². The van der Waals surface area contributed by atoms with E-state index in [0.29, 0.717) is 38.5 Å². The summed E-state index contributed by atoms with van der Waals surface area (Å²) >= 11 is 1.40. The predicted octanol–water partition coefficient (Wildman–Crippen LogP) is 3.88. The molecule has 0 radical (unpaired) electrons. The van der Waals surface area contributed by atoms with Crippen molar-refractivity contribution in [2.24, 2.45) is 0 Å². The average molecular weight is 489 g/mol. The van der Waals surface area contributed by atoms with Crippen LogP contribution in [-0.2, 0) is 14.5 Å². The minimum absolute atomic E-state index is 0.0651. The number of piperazine rings is 1. The van der Waals surface area contributed by atoms with Crippen molar-refractivity contribution in [1.29, 1.82) is 0 Å². The molecule has 3 aliphatic rings. The van der Waals surface area contributed by atoms with Crippen LogP contribution >= 0.6 is 11.8 Å². The fraction of sp³-hybridized carbons (Fsp3) is 0.259. The van der Waals surface area contributed by atoms with E-state index in [9.17, 15) is 14.0 Å². The second kappa shape index (κ2) is 8.70. The normalized spacial score (nSPS) is 22.4. The van der Waals surface area contributed by atoms with Crippen molar-refractivity contribution < 1.29 is 14.0 Å². The van der Waals surface area contributed by atoms with Crippen LogP contribution in [0.25, 0.3) is 0 Å². The fourth-order valence-electron chi connectivity index (χ4n) is 5.31. The monoisotopic (exact) mass is 488 g/mol. The van der Waals surface area contributed by atoms with Crippen LogP contribution in [0.4, 0.5) is 21.5 Å². The Morgan fingerprint density at radius 2 is 1.46 bits per heavy atom. The Balaban J connectivity index is 1.27. The highest BCUT2D eigenvalue weighted by atomic mass is 32.2. The quantitative estimate of drug-likeness (QED) is 0.558. The first-order chi connectivity index (χ1) is 17.1. The Bertz CT molecular complexity index is 1280. The summed E-state index contributed by atoms with van der Waals surface area (Å²) in [5, 5.41) is 0. The Morgan fingerprint density at radius 1 is 0.800 bits per heavy atom. The fourth-order valence-corrected chi connectivity index (χ4v) is 6.67. The zero-order valence-electron chi connectivity index (χ0n) is 19.1. The number of rotatable bonds is 4. The summed E-state index contributed by atoms with van der Waals surface area (Å²) in [4.78, 5) is 33.9. The number of hydrogen-bond donors (Lipinski definition) is 0. The molecule has 2 fully saturated rings. The molecule has 1 unspecified atom stereocenters. The van der Waals surface area contributed by atoms with Crippen LogP contribution in [0.2, 0.25) is 0 Å². The lowest BCUT2D eigenvalue weighted by atomic mass is 10.0. The standard InChI is InChI=1S/C27H25FN4O2S/c28-22-11-5-7-13-24(22)30-16-14-29(15-17-30)19-31-23-12-6-4-10-21(23)27(26(31)34)32(25(33)18-35-27)20-8-2-1-3-9-20/h1-13H,14-19H2. The Morgan fingerprint density at radius 3 is 2.20 bits per heavy atom. The summed E-state index contributed by atoms with van der Waals surface area (Å²) in [6, 6.07) is 24.1. The van der Waals surface area contributed by atoms with E-state index in [1.54, 1.807) is 11.0 Å². The van der Waals surface area contributed by atoms with E-state index in [1.807, 2.05) is 71.6 Å². The molecular weight excluding hydrogens is 463 g/mol. The Kier molecular flexibility index (Phi) is 5.50. The van der Waals surface area contributed by atoms with Gasteiger partial charge in [-0.2, -0.15) is 0 Å². The van der Waals surface area contributed by atoms with Crippen LogP contribution in [0.15, 0.2) is 78.9 Å². The molecule has 0 aliphatic carbocycles. The van der Waals surface area contributed by atoms with Crippen LogP contribution in [0, 0.1) is 5.82 Å². The van der Waals surface area contributed by atoms with Gasteiger partial charge in [0.05, 0.1) is 23.8 Å². The number of carbonyl (C=O) groups excluding carboxylic acids is 2. The third kappa shape index (κ3) is 3.51. The number of benzene rings is 3. The molecule has 2 saturated heterocycles. The van der Waals surface area contributed by atoms with Gasteiger partial charge in [0.15, 0.2) is 0 Å². The van der Waals surface area contributed by atoms with Crippen LogP contribution in [0.5, 0.6) is 0 Å². The van der Waals surface area contributed by atoms with Gasteiger partial charge in [-0.25, -0.2) is 4.39 Å². The van der Waals surface area contributed by atoms with Gasteiger partial charge < -0.3 is 4.90 Å². The molecule has 3 aromatic carbocycles. The molecule has 35 heavy (non-hydrogen) atoms. The minimum Gasteiger partial charge on any atom is -0.367 e. The summed E-state index contributed by atoms with van der Waals surface area (Å²) in [6.45, 7) is 3.21. The second-order valence-electron chi connectivity index (χ2n) is 8.95. The third-order valence-corrected chi connectivity index (χ3v) is 8.37. The van der Waals surface area contributed by atoms with E-state index in [-0.39, 0.29) is 23.4 Å². The molecule has 178 valence electrons. The van der Waals surface area contributed by atoms with Gasteiger partial charge in [-0.3, -0.25) is 24.3 Å². The molecule has 0 aromatic heterocycles. The number of halogens is 1. The molecule has 3 heterocycles. The predicted molar refractivity (Wildman–Crippen MR) is 137 cm³/mol. The molecule has 0 N–H and O–H groups in total. The van der Waals surface area contributed by atoms with Gasteiger partial charge in [0.25, 0.3) is 5.91 Å². The van der Waals surface area contributed by atoms with Gasteiger partial charge in [0, 0.05) is 37.4 Å². The number of anilines is 3. The maximum atomic E-state index is 14.3. The Hall–Kier alpha value is -3.36. The lowest BCUT2D eigenvalue weighted by Crippen LogP contribution is -2.54. The lowest BCUT2D eigenvalue weighted by molar-refractivity contribution is -0.124. The summed E-state index contributed by atoms with van der Waals surface area (Å²) in [5.74, 6) is -0.112. The second-order valence-corrected chi connectivity index (χ2v) is 10.1. The molecule has 1 spiro atoms. The number of thioether (sulfide) groups is 1. The van der Waals surface area contributed by atoms with Gasteiger partial charge >= 0.3 is 0 Å². The molecule has 0 bridgehead atoms. The molecule has 8 heteroatoms. The first kappa shape index (κ1) is 22.1. The molecule has 2 amide bonds. The van der Waals surface area contributed by atoms with Crippen molar-refractivity contribution in [2.45, 2.75) is 4.87 Å². The molecule has 6 nitrogen and oxygen atoms in total. The van der Waals surface area contributed by atoms with Crippen molar-refractivity contribution in [2.75, 3.05) is 53.3 Å². The summed E-state index contributed by atoms with van der Waals surface area (Å²) in [6.07, 6.45) is 0. The largest absolute Gasteiger partial charge is 0.367 e. The van der Waals surface area contributed by atoms with E-state index in [0.717, 1.165) is 16.9 Å². The van der Waals surface area contributed by atoms with Gasteiger partial charge in [0.1, 0.15) is 5.82 Å². The average Bonchev–Trinajstić information content (AvgIpc) is 3.36. The van der Waals surface area contributed by atoms with E-state index in [4.69, 9.17) is 0 Å². The highest BCUT2D eigenvalue weighted by molar-refractivity contribution is 8.02. The van der Waals surface area contributed by atoms with Crippen LogP contribution < -0.4 is 14.7 Å². The third-order valence-electron chi connectivity index (χ3n) is 6.99. The number of hydrogen-bond acceptors (Lipinski definition) is 5. The summed E-state index contributed by atoms with van der Waals surface area (Å²) in [5.41, 5.74) is 3.05. The smallest absolute Gasteiger partial charge is 0.269 e. The first-order valence-corrected chi connectivity index (χ1v) is 12.7. The van der Waals surface area contributed by atoms with Gasteiger partial charge in [0.2, 0.25) is 10.8 Å². The SMILES string of the molecule is O=C1CSC2(C(=O)N(CN3CCN(c4ccccc4F)CC3)c3ccccc32)N1c1ccccc1. The topological polar surface area (TPSA) is 47.1 Å². The molecule has 6 rings (SSSR count). The van der Waals surface area contributed by atoms with Crippen molar-refractivity contribution in [1.82, 2.24) is 4.90 Å².